The highest BCUT2D eigenvalue weighted by molar-refractivity contribution is 6.04. The van der Waals surface area contributed by atoms with Crippen LogP contribution in [0.5, 0.6) is 0 Å². The summed E-state index contributed by atoms with van der Waals surface area (Å²) in [5, 5.41) is 2.69. The van der Waals surface area contributed by atoms with Crippen LogP contribution in [-0.2, 0) is 9.59 Å². The van der Waals surface area contributed by atoms with Gasteiger partial charge in [-0.25, -0.2) is 0 Å². The largest absolute Gasteiger partial charge is 0.341 e. The van der Waals surface area contributed by atoms with Gasteiger partial charge in [-0.15, -0.1) is 0 Å². The number of nitrogens with one attached hydrogen (secondary N) is 1. The molecule has 4 heteroatoms. The smallest absolute Gasteiger partial charge is 0.270 e. The van der Waals surface area contributed by atoms with Crippen LogP contribution < -0.4 is 5.32 Å². The zero-order valence-corrected chi connectivity index (χ0v) is 14.5. The van der Waals surface area contributed by atoms with Crippen molar-refractivity contribution in [3.8, 4) is 0 Å². The van der Waals surface area contributed by atoms with E-state index in [-0.39, 0.29) is 17.5 Å². The molecule has 0 atom stereocenters. The predicted molar refractivity (Wildman–Crippen MR) is 101 cm³/mol. The molecule has 0 aliphatic carbocycles. The molecule has 0 radical (unpaired) electrons. The van der Waals surface area contributed by atoms with Crippen molar-refractivity contribution < 1.29 is 9.59 Å². The molecule has 0 unspecified atom stereocenters. The van der Waals surface area contributed by atoms with Gasteiger partial charge in [0.25, 0.3) is 5.91 Å². The normalized spacial score (nSPS) is 11.4. The molecular formula is C21H22N2O2. The fraction of sp³-hybridized carbons (Fsp3) is 0.143. The van der Waals surface area contributed by atoms with E-state index < -0.39 is 0 Å². The Balaban J connectivity index is 2.18. The van der Waals surface area contributed by atoms with Crippen LogP contribution in [0.25, 0.3) is 12.2 Å². The Hall–Kier alpha value is -3.14. The van der Waals surface area contributed by atoms with Gasteiger partial charge in [-0.05, 0) is 30.2 Å². The maximum Gasteiger partial charge on any atom is 0.270 e. The summed E-state index contributed by atoms with van der Waals surface area (Å²) in [4.78, 5) is 26.3. The summed E-state index contributed by atoms with van der Waals surface area (Å²) < 4.78 is 0. The van der Waals surface area contributed by atoms with Gasteiger partial charge in [-0.2, -0.15) is 0 Å². The first-order valence-electron chi connectivity index (χ1n) is 8.16. The van der Waals surface area contributed by atoms with Crippen LogP contribution in [0.2, 0.25) is 0 Å². The molecule has 2 aromatic rings. The molecule has 0 saturated carbocycles. The second-order valence-electron chi connectivity index (χ2n) is 5.52. The van der Waals surface area contributed by atoms with Crippen molar-refractivity contribution in [2.45, 2.75) is 6.92 Å². The van der Waals surface area contributed by atoms with Crippen molar-refractivity contribution in [3.05, 3.63) is 83.6 Å². The number of hydrogen-bond acceptors (Lipinski definition) is 2. The van der Waals surface area contributed by atoms with Crippen LogP contribution in [0.3, 0.4) is 0 Å². The highest BCUT2D eigenvalue weighted by atomic mass is 16.2. The second kappa shape index (κ2) is 9.23. The summed E-state index contributed by atoms with van der Waals surface area (Å²) >= 11 is 0. The average molecular weight is 334 g/mol. The Morgan fingerprint density at radius 1 is 0.960 bits per heavy atom. The van der Waals surface area contributed by atoms with Gasteiger partial charge in [-0.3, -0.25) is 9.59 Å². The molecule has 0 aliphatic rings. The minimum atomic E-state index is -0.344. The van der Waals surface area contributed by atoms with Crippen molar-refractivity contribution in [1.29, 1.82) is 0 Å². The van der Waals surface area contributed by atoms with Gasteiger partial charge in [0.1, 0.15) is 5.70 Å². The van der Waals surface area contributed by atoms with E-state index in [1.165, 1.54) is 6.08 Å². The molecule has 2 rings (SSSR count). The van der Waals surface area contributed by atoms with E-state index in [0.29, 0.717) is 6.54 Å². The number of amides is 2. The topological polar surface area (TPSA) is 49.4 Å². The molecule has 2 amide bonds. The quantitative estimate of drug-likeness (QED) is 0.824. The van der Waals surface area contributed by atoms with Crippen molar-refractivity contribution in [3.63, 3.8) is 0 Å². The van der Waals surface area contributed by atoms with Crippen LogP contribution in [-0.4, -0.2) is 30.3 Å². The maximum absolute atomic E-state index is 12.5. The lowest BCUT2D eigenvalue weighted by molar-refractivity contribution is -0.127. The summed E-state index contributed by atoms with van der Waals surface area (Å²) in [6.45, 7) is 2.44. The fourth-order valence-electron chi connectivity index (χ4n) is 2.13. The highest BCUT2D eigenvalue weighted by Crippen LogP contribution is 2.08. The van der Waals surface area contributed by atoms with E-state index in [4.69, 9.17) is 0 Å². The molecule has 25 heavy (non-hydrogen) atoms. The minimum absolute atomic E-state index is 0.229. The number of hydrogen-bond donors (Lipinski definition) is 1. The SMILES string of the molecule is CCN(C)C(=O)/C(=C/c1ccccc1)NC(=O)C=Cc1ccccc1. The third-order valence-corrected chi connectivity index (χ3v) is 3.65. The monoisotopic (exact) mass is 334 g/mol. The van der Waals surface area contributed by atoms with Crippen molar-refractivity contribution >= 4 is 24.0 Å². The molecule has 1 N–H and O–H groups in total. The molecule has 0 heterocycles. The molecule has 2 aromatic carbocycles. The third-order valence-electron chi connectivity index (χ3n) is 3.65. The molecule has 0 aliphatic heterocycles. The first-order chi connectivity index (χ1) is 12.1. The number of benzene rings is 2. The molecule has 4 nitrogen and oxygen atoms in total. The maximum atomic E-state index is 12.5. The lowest BCUT2D eigenvalue weighted by Crippen LogP contribution is -2.35. The van der Waals surface area contributed by atoms with Gasteiger partial charge in [0.05, 0.1) is 0 Å². The van der Waals surface area contributed by atoms with Crippen LogP contribution in [0.15, 0.2) is 72.4 Å². The predicted octanol–water partition coefficient (Wildman–Crippen LogP) is 3.34. The highest BCUT2D eigenvalue weighted by Gasteiger charge is 2.15. The number of likely N-dealkylation sites (N-methyl/N-ethyl adjacent to an activating group) is 1. The number of carbonyl (C=O) groups is 2. The Morgan fingerprint density at radius 2 is 1.52 bits per heavy atom. The summed E-state index contributed by atoms with van der Waals surface area (Å²) in [6, 6.07) is 19.0. The Labute approximate surface area is 148 Å². The van der Waals surface area contributed by atoms with Crippen LogP contribution >= 0.6 is 0 Å². The molecule has 128 valence electrons. The number of nitrogens with zero attached hydrogens (tertiary/aromatic N) is 1. The lowest BCUT2D eigenvalue weighted by Gasteiger charge is -2.17. The van der Waals surface area contributed by atoms with E-state index >= 15 is 0 Å². The molecule has 0 fully saturated rings. The van der Waals surface area contributed by atoms with Crippen LogP contribution in [0.1, 0.15) is 18.1 Å². The number of carbonyl (C=O) groups excluding carboxylic acids is 2. The molecule has 0 saturated heterocycles. The van der Waals surface area contributed by atoms with E-state index in [1.807, 2.05) is 67.6 Å². The van der Waals surface area contributed by atoms with Gasteiger partial charge in [0.15, 0.2) is 0 Å². The second-order valence-corrected chi connectivity index (χ2v) is 5.52. The van der Waals surface area contributed by atoms with Crippen LogP contribution in [0, 0.1) is 0 Å². The van der Waals surface area contributed by atoms with E-state index in [2.05, 4.69) is 5.32 Å². The van der Waals surface area contributed by atoms with Crippen molar-refractivity contribution in [1.82, 2.24) is 10.2 Å². The standard InChI is InChI=1S/C21H22N2O2/c1-3-23(2)21(25)19(16-18-12-8-5-9-13-18)22-20(24)15-14-17-10-6-4-7-11-17/h4-16H,3H2,1-2H3,(H,22,24)/b15-14?,19-16-. The van der Waals surface area contributed by atoms with Crippen molar-refractivity contribution in [2.24, 2.45) is 0 Å². The Bertz CT molecular complexity index is 765. The minimum Gasteiger partial charge on any atom is -0.341 e. The Morgan fingerprint density at radius 3 is 2.08 bits per heavy atom. The zero-order valence-electron chi connectivity index (χ0n) is 14.5. The molecule has 0 spiro atoms. The van der Waals surface area contributed by atoms with E-state index in [9.17, 15) is 9.59 Å². The summed E-state index contributed by atoms with van der Waals surface area (Å²) in [6.07, 6.45) is 4.82. The average Bonchev–Trinajstić information content (AvgIpc) is 2.66. The molecule has 0 aromatic heterocycles. The molecular weight excluding hydrogens is 312 g/mol. The zero-order chi connectivity index (χ0) is 18.1. The Kier molecular flexibility index (Phi) is 6.72. The first-order valence-corrected chi connectivity index (χ1v) is 8.16. The van der Waals surface area contributed by atoms with Gasteiger partial charge >= 0.3 is 0 Å². The van der Waals surface area contributed by atoms with Crippen molar-refractivity contribution in [2.75, 3.05) is 13.6 Å². The summed E-state index contributed by atoms with van der Waals surface area (Å²) in [7, 11) is 1.70. The summed E-state index contributed by atoms with van der Waals surface area (Å²) in [5.41, 5.74) is 2.02. The first kappa shape index (κ1) is 18.2. The van der Waals surface area contributed by atoms with Gasteiger partial charge in [0, 0.05) is 19.7 Å². The van der Waals surface area contributed by atoms with Gasteiger partial charge < -0.3 is 10.2 Å². The van der Waals surface area contributed by atoms with Crippen LogP contribution in [0.4, 0.5) is 0 Å². The van der Waals surface area contributed by atoms with Gasteiger partial charge in [0.2, 0.25) is 5.91 Å². The van der Waals surface area contributed by atoms with E-state index in [0.717, 1.165) is 11.1 Å². The lowest BCUT2D eigenvalue weighted by atomic mass is 10.1. The van der Waals surface area contributed by atoms with Gasteiger partial charge in [-0.1, -0.05) is 60.7 Å². The molecule has 0 bridgehead atoms. The van der Waals surface area contributed by atoms with E-state index in [1.54, 1.807) is 24.1 Å². The fourth-order valence-corrected chi connectivity index (χ4v) is 2.13. The third kappa shape index (κ3) is 5.77. The summed E-state index contributed by atoms with van der Waals surface area (Å²) in [5.74, 6) is -0.572. The number of rotatable bonds is 6.